The fourth-order valence-electron chi connectivity index (χ4n) is 4.53. The highest BCUT2D eigenvalue weighted by Gasteiger charge is 2.32. The van der Waals surface area contributed by atoms with Crippen molar-refractivity contribution in [1.29, 1.82) is 0 Å². The maximum Gasteiger partial charge on any atom is 0.303 e. The second-order valence-corrected chi connectivity index (χ2v) is 10.3. The number of fused-ring (bicyclic) bond motifs is 1. The third kappa shape index (κ3) is 7.28. The van der Waals surface area contributed by atoms with Crippen molar-refractivity contribution < 1.29 is 19.4 Å². The molecule has 1 aliphatic rings. The van der Waals surface area contributed by atoms with Crippen LogP contribution in [0.1, 0.15) is 94.9 Å². The van der Waals surface area contributed by atoms with Crippen molar-refractivity contribution in [3.05, 3.63) is 34.4 Å². The lowest BCUT2D eigenvalue weighted by molar-refractivity contribution is -0.137. The highest BCUT2D eigenvalue weighted by Crippen LogP contribution is 2.44. The van der Waals surface area contributed by atoms with E-state index in [1.54, 1.807) is 0 Å². The summed E-state index contributed by atoms with van der Waals surface area (Å²) in [6, 6.07) is 0. The standard InChI is InChI=1S/C28H44O4/c1-19(2)11-8-12-20(3)13-9-16-28(7)17-15-24-23(6)26(31-18-10-14-25(29)30)21(4)22(5)27(24)32-28/h9,16,19-20H,8,10-15,17-18H2,1-7H3,(H,29,30)/b16-9+. The molecule has 4 heteroatoms. The van der Waals surface area contributed by atoms with Crippen molar-refractivity contribution in [2.24, 2.45) is 11.8 Å². The van der Waals surface area contributed by atoms with Gasteiger partial charge in [-0.15, -0.1) is 0 Å². The maximum atomic E-state index is 10.8. The first-order valence-corrected chi connectivity index (χ1v) is 12.4. The largest absolute Gasteiger partial charge is 0.493 e. The number of carboxylic acid groups (broad SMARTS) is 1. The molecule has 0 radical (unpaired) electrons. The molecule has 0 fully saturated rings. The number of benzene rings is 1. The van der Waals surface area contributed by atoms with Gasteiger partial charge in [0.15, 0.2) is 0 Å². The molecule has 2 unspecified atom stereocenters. The van der Waals surface area contributed by atoms with Gasteiger partial charge in [0, 0.05) is 12.0 Å². The van der Waals surface area contributed by atoms with Crippen molar-refractivity contribution in [3.63, 3.8) is 0 Å². The number of carbonyl (C=O) groups is 1. The summed E-state index contributed by atoms with van der Waals surface area (Å²) in [4.78, 5) is 10.8. The van der Waals surface area contributed by atoms with Crippen LogP contribution in [-0.2, 0) is 11.2 Å². The minimum atomic E-state index is -0.783. The first kappa shape index (κ1) is 26.3. The Kier molecular flexibility index (Phi) is 9.66. The zero-order chi connectivity index (χ0) is 23.9. The summed E-state index contributed by atoms with van der Waals surface area (Å²) in [7, 11) is 0. The van der Waals surface area contributed by atoms with Gasteiger partial charge in [-0.2, -0.15) is 0 Å². The average molecular weight is 445 g/mol. The Balaban J connectivity index is 2.05. The number of ether oxygens (including phenoxy) is 2. The third-order valence-corrected chi connectivity index (χ3v) is 6.79. The molecule has 180 valence electrons. The van der Waals surface area contributed by atoms with Crippen molar-refractivity contribution in [2.45, 2.75) is 105 Å². The van der Waals surface area contributed by atoms with E-state index in [1.807, 2.05) is 0 Å². The van der Waals surface area contributed by atoms with E-state index in [1.165, 1.54) is 24.8 Å². The summed E-state index contributed by atoms with van der Waals surface area (Å²) in [5.41, 5.74) is 4.29. The second kappa shape index (κ2) is 11.8. The Labute approximate surface area is 195 Å². The normalized spacial score (nSPS) is 19.1. The molecule has 32 heavy (non-hydrogen) atoms. The van der Waals surface area contributed by atoms with E-state index in [0.717, 1.165) is 53.4 Å². The summed E-state index contributed by atoms with van der Waals surface area (Å²) >= 11 is 0. The van der Waals surface area contributed by atoms with E-state index >= 15 is 0 Å². The molecular formula is C28H44O4. The molecule has 0 bridgehead atoms. The number of carboxylic acids is 1. The van der Waals surface area contributed by atoms with Crippen LogP contribution in [0.15, 0.2) is 12.2 Å². The fourth-order valence-corrected chi connectivity index (χ4v) is 4.53. The van der Waals surface area contributed by atoms with Crippen LogP contribution in [0.2, 0.25) is 0 Å². The minimum Gasteiger partial charge on any atom is -0.493 e. The average Bonchev–Trinajstić information content (AvgIpc) is 2.71. The molecule has 2 rings (SSSR count). The van der Waals surface area contributed by atoms with Crippen molar-refractivity contribution in [1.82, 2.24) is 0 Å². The first-order chi connectivity index (χ1) is 15.0. The van der Waals surface area contributed by atoms with E-state index in [0.29, 0.717) is 18.9 Å². The molecule has 4 nitrogen and oxygen atoms in total. The Morgan fingerprint density at radius 2 is 1.84 bits per heavy atom. The van der Waals surface area contributed by atoms with Gasteiger partial charge in [-0.3, -0.25) is 4.79 Å². The lowest BCUT2D eigenvalue weighted by Crippen LogP contribution is -2.35. The van der Waals surface area contributed by atoms with Gasteiger partial charge in [-0.05, 0) is 88.0 Å². The Morgan fingerprint density at radius 1 is 1.12 bits per heavy atom. The van der Waals surface area contributed by atoms with Crippen LogP contribution in [-0.4, -0.2) is 23.3 Å². The number of allylic oxidation sites excluding steroid dienone is 1. The Bertz CT molecular complexity index is 808. The fraction of sp³-hybridized carbons (Fsp3) is 0.679. The molecule has 1 aromatic rings. The molecule has 0 saturated heterocycles. The zero-order valence-corrected chi connectivity index (χ0v) is 21.3. The highest BCUT2D eigenvalue weighted by molar-refractivity contribution is 5.66. The summed E-state index contributed by atoms with van der Waals surface area (Å²) in [6.45, 7) is 15.8. The predicted octanol–water partition coefficient (Wildman–Crippen LogP) is 7.35. The lowest BCUT2D eigenvalue weighted by atomic mass is 9.86. The monoisotopic (exact) mass is 444 g/mol. The van der Waals surface area contributed by atoms with Gasteiger partial charge in [0.1, 0.15) is 17.1 Å². The van der Waals surface area contributed by atoms with E-state index < -0.39 is 5.97 Å². The van der Waals surface area contributed by atoms with Crippen LogP contribution in [0.25, 0.3) is 0 Å². The molecule has 1 N–H and O–H groups in total. The van der Waals surface area contributed by atoms with Crippen LogP contribution >= 0.6 is 0 Å². The first-order valence-electron chi connectivity index (χ1n) is 12.4. The van der Waals surface area contributed by atoms with Crippen LogP contribution in [0, 0.1) is 32.6 Å². The summed E-state index contributed by atoms with van der Waals surface area (Å²) < 4.78 is 12.6. The molecular weight excluding hydrogens is 400 g/mol. The molecule has 0 amide bonds. The third-order valence-electron chi connectivity index (χ3n) is 6.79. The minimum absolute atomic E-state index is 0.131. The molecule has 1 aromatic carbocycles. The van der Waals surface area contributed by atoms with Gasteiger partial charge in [0.2, 0.25) is 0 Å². The predicted molar refractivity (Wildman–Crippen MR) is 132 cm³/mol. The van der Waals surface area contributed by atoms with E-state index in [9.17, 15) is 4.79 Å². The molecule has 2 atom stereocenters. The van der Waals surface area contributed by atoms with Crippen LogP contribution in [0.5, 0.6) is 11.5 Å². The summed E-state index contributed by atoms with van der Waals surface area (Å²) in [6.07, 6.45) is 12.2. The second-order valence-electron chi connectivity index (χ2n) is 10.3. The molecule has 1 aliphatic heterocycles. The zero-order valence-electron chi connectivity index (χ0n) is 21.3. The van der Waals surface area contributed by atoms with Gasteiger partial charge in [0.25, 0.3) is 0 Å². The number of hydrogen-bond acceptors (Lipinski definition) is 3. The SMILES string of the molecule is Cc1c(C)c2c(c(C)c1OCCCC(=O)O)CCC(C)(/C=C/CC(C)CCCC(C)C)O2. The van der Waals surface area contributed by atoms with Crippen LogP contribution < -0.4 is 9.47 Å². The van der Waals surface area contributed by atoms with Crippen LogP contribution in [0.4, 0.5) is 0 Å². The highest BCUT2D eigenvalue weighted by atomic mass is 16.5. The number of aliphatic carboxylic acids is 1. The molecule has 0 aliphatic carbocycles. The Morgan fingerprint density at radius 3 is 2.50 bits per heavy atom. The van der Waals surface area contributed by atoms with Crippen molar-refractivity contribution >= 4 is 5.97 Å². The quantitative estimate of drug-likeness (QED) is 0.270. The molecule has 0 saturated carbocycles. The van der Waals surface area contributed by atoms with Crippen LogP contribution in [0.3, 0.4) is 0 Å². The Hall–Kier alpha value is -1.97. The van der Waals surface area contributed by atoms with Gasteiger partial charge < -0.3 is 14.6 Å². The lowest BCUT2D eigenvalue weighted by Gasteiger charge is -2.36. The number of hydrogen-bond donors (Lipinski definition) is 1. The summed E-state index contributed by atoms with van der Waals surface area (Å²) in [5, 5.41) is 8.84. The van der Waals surface area contributed by atoms with Gasteiger partial charge in [0.05, 0.1) is 6.61 Å². The maximum absolute atomic E-state index is 10.8. The van der Waals surface area contributed by atoms with Gasteiger partial charge in [-0.1, -0.05) is 46.1 Å². The topological polar surface area (TPSA) is 55.8 Å². The van der Waals surface area contributed by atoms with Gasteiger partial charge in [-0.25, -0.2) is 0 Å². The smallest absolute Gasteiger partial charge is 0.303 e. The molecule has 0 aromatic heterocycles. The van der Waals surface area contributed by atoms with Crippen molar-refractivity contribution in [2.75, 3.05) is 6.61 Å². The van der Waals surface area contributed by atoms with E-state index in [4.69, 9.17) is 14.6 Å². The van der Waals surface area contributed by atoms with Gasteiger partial charge >= 0.3 is 5.97 Å². The van der Waals surface area contributed by atoms with Crippen molar-refractivity contribution in [3.8, 4) is 11.5 Å². The summed E-state index contributed by atoms with van der Waals surface area (Å²) in [5.74, 6) is 2.61. The number of rotatable bonds is 12. The van der Waals surface area contributed by atoms with E-state index in [-0.39, 0.29) is 12.0 Å². The molecule has 1 heterocycles. The molecule has 0 spiro atoms. The van der Waals surface area contributed by atoms with E-state index in [2.05, 4.69) is 60.6 Å².